The molecule has 76 valence electrons. The molecule has 0 spiro atoms. The average molecular weight is 186 g/mol. The minimum absolute atomic E-state index is 0.298. The Morgan fingerprint density at radius 3 is 2.46 bits per heavy atom. The zero-order chi connectivity index (χ0) is 9.90. The number of rotatable bonds is 2. The quantitative estimate of drug-likeness (QED) is 0.603. The second kappa shape index (κ2) is 3.96. The molecule has 0 unspecified atom stereocenters. The lowest BCUT2D eigenvalue weighted by atomic mass is 9.81. The third-order valence-electron chi connectivity index (χ3n) is 2.79. The maximum Gasteiger partial charge on any atom is 0.405 e. The summed E-state index contributed by atoms with van der Waals surface area (Å²) in [6.45, 7) is 5.90. The maximum absolute atomic E-state index is 10.5. The highest BCUT2D eigenvalue weighted by molar-refractivity contribution is 5.65. The summed E-state index contributed by atoms with van der Waals surface area (Å²) >= 11 is 0. The van der Waals surface area contributed by atoms with Gasteiger partial charge in [-0.25, -0.2) is 4.79 Å². The molecule has 1 heterocycles. The van der Waals surface area contributed by atoms with Crippen LogP contribution in [0.15, 0.2) is 0 Å². The van der Waals surface area contributed by atoms with Gasteiger partial charge in [0.2, 0.25) is 0 Å². The van der Waals surface area contributed by atoms with Crippen LogP contribution in [0.25, 0.3) is 0 Å². The van der Waals surface area contributed by atoms with Crippen LogP contribution in [0.4, 0.5) is 4.79 Å². The Hall–Kier alpha value is -0.770. The van der Waals surface area contributed by atoms with E-state index in [0.29, 0.717) is 5.92 Å². The Morgan fingerprint density at radius 1 is 1.46 bits per heavy atom. The van der Waals surface area contributed by atoms with Gasteiger partial charge in [-0.05, 0) is 45.7 Å². The second-order valence-electron chi connectivity index (χ2n) is 4.18. The van der Waals surface area contributed by atoms with Gasteiger partial charge in [-0.2, -0.15) is 0 Å². The summed E-state index contributed by atoms with van der Waals surface area (Å²) in [7, 11) is 0. The standard InChI is InChI=1S/C9H18N2O2/c1-9(2,11-8(12)13)7-3-5-10-6-4-7/h7,10-11H,3-6H2,1-2H3,(H,12,13). The maximum atomic E-state index is 10.5. The first-order valence-electron chi connectivity index (χ1n) is 4.74. The zero-order valence-electron chi connectivity index (χ0n) is 8.26. The third kappa shape index (κ3) is 2.88. The largest absolute Gasteiger partial charge is 0.465 e. The number of piperidine rings is 1. The van der Waals surface area contributed by atoms with E-state index in [4.69, 9.17) is 5.11 Å². The van der Waals surface area contributed by atoms with E-state index in [1.165, 1.54) is 0 Å². The molecular formula is C9H18N2O2. The summed E-state index contributed by atoms with van der Waals surface area (Å²) in [6.07, 6.45) is 1.17. The molecular weight excluding hydrogens is 168 g/mol. The van der Waals surface area contributed by atoms with Crippen molar-refractivity contribution in [1.29, 1.82) is 0 Å². The molecule has 3 N–H and O–H groups in total. The summed E-state index contributed by atoms with van der Waals surface area (Å²) in [6, 6.07) is 0. The van der Waals surface area contributed by atoms with Crippen LogP contribution in [-0.2, 0) is 0 Å². The first kappa shape index (κ1) is 10.3. The van der Waals surface area contributed by atoms with Gasteiger partial charge in [0.25, 0.3) is 0 Å². The van der Waals surface area contributed by atoms with Crippen LogP contribution in [0.3, 0.4) is 0 Å². The fraction of sp³-hybridized carbons (Fsp3) is 0.889. The van der Waals surface area contributed by atoms with Crippen LogP contribution in [0, 0.1) is 5.92 Å². The van der Waals surface area contributed by atoms with Gasteiger partial charge in [-0.15, -0.1) is 0 Å². The lowest BCUT2D eigenvalue weighted by Gasteiger charge is -2.36. The molecule has 1 aliphatic rings. The van der Waals surface area contributed by atoms with E-state index in [1.807, 2.05) is 13.8 Å². The molecule has 0 aromatic carbocycles. The van der Waals surface area contributed by atoms with Crippen LogP contribution in [0.1, 0.15) is 26.7 Å². The monoisotopic (exact) mass is 186 g/mol. The molecule has 1 saturated heterocycles. The van der Waals surface area contributed by atoms with Crippen molar-refractivity contribution < 1.29 is 9.90 Å². The summed E-state index contributed by atoms with van der Waals surface area (Å²) in [5.41, 5.74) is -0.298. The minimum Gasteiger partial charge on any atom is -0.465 e. The van der Waals surface area contributed by atoms with Gasteiger partial charge in [0.05, 0.1) is 0 Å². The normalized spacial score (nSPS) is 19.8. The highest BCUT2D eigenvalue weighted by Gasteiger charge is 2.31. The lowest BCUT2D eigenvalue weighted by Crippen LogP contribution is -2.51. The minimum atomic E-state index is -0.927. The summed E-state index contributed by atoms with van der Waals surface area (Å²) in [4.78, 5) is 10.5. The number of hydrogen-bond acceptors (Lipinski definition) is 2. The molecule has 0 aromatic heterocycles. The van der Waals surface area contributed by atoms with E-state index in [1.54, 1.807) is 0 Å². The predicted molar refractivity (Wildman–Crippen MR) is 50.8 cm³/mol. The molecule has 1 aliphatic heterocycles. The van der Waals surface area contributed by atoms with Gasteiger partial charge in [0.15, 0.2) is 0 Å². The fourth-order valence-corrected chi connectivity index (χ4v) is 1.92. The Kier molecular flexibility index (Phi) is 3.14. The van der Waals surface area contributed by atoms with E-state index in [-0.39, 0.29) is 5.54 Å². The molecule has 13 heavy (non-hydrogen) atoms. The fourth-order valence-electron chi connectivity index (χ4n) is 1.92. The van der Waals surface area contributed by atoms with Gasteiger partial charge in [-0.1, -0.05) is 0 Å². The number of nitrogens with one attached hydrogen (secondary N) is 2. The molecule has 1 fully saturated rings. The van der Waals surface area contributed by atoms with Crippen molar-refractivity contribution in [2.24, 2.45) is 5.92 Å². The van der Waals surface area contributed by atoms with Gasteiger partial charge in [0.1, 0.15) is 0 Å². The van der Waals surface area contributed by atoms with E-state index >= 15 is 0 Å². The molecule has 0 aromatic rings. The Labute approximate surface area is 78.7 Å². The van der Waals surface area contributed by atoms with Crippen molar-refractivity contribution in [3.63, 3.8) is 0 Å². The van der Waals surface area contributed by atoms with Crippen LogP contribution in [0.5, 0.6) is 0 Å². The second-order valence-corrected chi connectivity index (χ2v) is 4.18. The number of carbonyl (C=O) groups is 1. The topological polar surface area (TPSA) is 61.4 Å². The Morgan fingerprint density at radius 2 is 2.00 bits per heavy atom. The van der Waals surface area contributed by atoms with E-state index in [0.717, 1.165) is 25.9 Å². The third-order valence-corrected chi connectivity index (χ3v) is 2.79. The van der Waals surface area contributed by atoms with Gasteiger partial charge < -0.3 is 15.7 Å². The first-order chi connectivity index (χ1) is 6.02. The highest BCUT2D eigenvalue weighted by Crippen LogP contribution is 2.25. The lowest BCUT2D eigenvalue weighted by molar-refractivity contribution is 0.156. The van der Waals surface area contributed by atoms with Crippen molar-refractivity contribution in [3.8, 4) is 0 Å². The Bertz CT molecular complexity index is 186. The van der Waals surface area contributed by atoms with E-state index in [2.05, 4.69) is 10.6 Å². The smallest absolute Gasteiger partial charge is 0.405 e. The number of amides is 1. The van der Waals surface area contributed by atoms with Crippen LogP contribution >= 0.6 is 0 Å². The highest BCUT2D eigenvalue weighted by atomic mass is 16.4. The molecule has 0 atom stereocenters. The molecule has 4 heteroatoms. The molecule has 1 rings (SSSR count). The van der Waals surface area contributed by atoms with Gasteiger partial charge in [-0.3, -0.25) is 0 Å². The zero-order valence-corrected chi connectivity index (χ0v) is 8.26. The van der Waals surface area contributed by atoms with Crippen molar-refractivity contribution in [3.05, 3.63) is 0 Å². The summed E-state index contributed by atoms with van der Waals surface area (Å²) in [5, 5.41) is 14.5. The molecule has 0 radical (unpaired) electrons. The summed E-state index contributed by atoms with van der Waals surface area (Å²) < 4.78 is 0. The van der Waals surface area contributed by atoms with Crippen molar-refractivity contribution in [1.82, 2.24) is 10.6 Å². The first-order valence-corrected chi connectivity index (χ1v) is 4.74. The van der Waals surface area contributed by atoms with Crippen LogP contribution < -0.4 is 10.6 Å². The van der Waals surface area contributed by atoms with Gasteiger partial charge >= 0.3 is 6.09 Å². The van der Waals surface area contributed by atoms with Crippen LogP contribution in [-0.4, -0.2) is 29.8 Å². The molecule has 1 amide bonds. The Balaban J connectivity index is 2.50. The number of hydrogen-bond donors (Lipinski definition) is 3. The van der Waals surface area contributed by atoms with Crippen molar-refractivity contribution >= 4 is 6.09 Å². The average Bonchev–Trinajstić information content (AvgIpc) is 2.04. The molecule has 0 aliphatic carbocycles. The SMILES string of the molecule is CC(C)(NC(=O)O)C1CCNCC1. The van der Waals surface area contributed by atoms with Crippen molar-refractivity contribution in [2.75, 3.05) is 13.1 Å². The van der Waals surface area contributed by atoms with Crippen LogP contribution in [0.2, 0.25) is 0 Å². The summed E-state index contributed by atoms with van der Waals surface area (Å²) in [5.74, 6) is 0.449. The predicted octanol–water partition coefficient (Wildman–Crippen LogP) is 1.03. The van der Waals surface area contributed by atoms with E-state index in [9.17, 15) is 4.79 Å². The number of carboxylic acid groups (broad SMARTS) is 1. The van der Waals surface area contributed by atoms with Crippen molar-refractivity contribution in [2.45, 2.75) is 32.2 Å². The molecule has 4 nitrogen and oxygen atoms in total. The van der Waals surface area contributed by atoms with E-state index < -0.39 is 6.09 Å². The van der Waals surface area contributed by atoms with Gasteiger partial charge in [0, 0.05) is 5.54 Å². The molecule has 0 saturated carbocycles. The molecule has 0 bridgehead atoms.